The van der Waals surface area contributed by atoms with E-state index in [4.69, 9.17) is 0 Å². The number of benzene rings is 1. The Balaban J connectivity index is 1.75. The third-order valence-electron chi connectivity index (χ3n) is 4.21. The Kier molecular flexibility index (Phi) is 4.61. The second-order valence-electron chi connectivity index (χ2n) is 5.64. The maximum absolute atomic E-state index is 2.46. The minimum atomic E-state index is 0.718. The molecule has 94 valence electrons. The van der Waals surface area contributed by atoms with Crippen LogP contribution in [0.4, 0.5) is 0 Å². The second kappa shape index (κ2) is 6.20. The van der Waals surface area contributed by atoms with E-state index in [-0.39, 0.29) is 0 Å². The normalized spacial score (nSPS) is 20.4. The lowest BCUT2D eigenvalue weighted by Crippen LogP contribution is -2.30. The van der Waals surface area contributed by atoms with E-state index < -0.39 is 0 Å². The summed E-state index contributed by atoms with van der Waals surface area (Å²) in [5.41, 5.74) is 1.50. The smallest absolute Gasteiger partial charge is 0.00191 e. The average molecular weight is 231 g/mol. The Morgan fingerprint density at radius 3 is 2.47 bits per heavy atom. The van der Waals surface area contributed by atoms with Crippen LogP contribution in [0.5, 0.6) is 0 Å². The predicted octanol–water partition coefficient (Wildman–Crippen LogP) is 3.91. The highest BCUT2D eigenvalue weighted by atomic mass is 15.1. The molecule has 1 nitrogen and oxygen atoms in total. The lowest BCUT2D eigenvalue weighted by molar-refractivity contribution is 0.208. The van der Waals surface area contributed by atoms with E-state index in [0.717, 1.165) is 11.8 Å². The van der Waals surface area contributed by atoms with Crippen LogP contribution in [-0.4, -0.2) is 25.0 Å². The van der Waals surface area contributed by atoms with Gasteiger partial charge in [0, 0.05) is 0 Å². The Morgan fingerprint density at radius 1 is 1.18 bits per heavy atom. The highest BCUT2D eigenvalue weighted by Gasteiger charge is 2.17. The largest absolute Gasteiger partial charge is 0.306 e. The first-order chi connectivity index (χ1) is 8.25. The maximum atomic E-state index is 2.46. The molecule has 0 amide bonds. The molecule has 1 atom stereocenters. The van der Waals surface area contributed by atoms with Crippen molar-refractivity contribution in [3.8, 4) is 0 Å². The summed E-state index contributed by atoms with van der Waals surface area (Å²) >= 11 is 0. The molecule has 1 heterocycles. The van der Waals surface area contributed by atoms with Gasteiger partial charge in [-0.1, -0.05) is 37.3 Å². The van der Waals surface area contributed by atoms with Gasteiger partial charge < -0.3 is 4.90 Å². The number of rotatable bonds is 4. The van der Waals surface area contributed by atoms with Gasteiger partial charge in [0.15, 0.2) is 0 Å². The molecule has 17 heavy (non-hydrogen) atoms. The van der Waals surface area contributed by atoms with Crippen LogP contribution in [0.25, 0.3) is 0 Å². The first kappa shape index (κ1) is 12.6. The Bertz CT molecular complexity index is 312. The molecule has 0 radical (unpaired) electrons. The highest BCUT2D eigenvalue weighted by molar-refractivity contribution is 5.18. The first-order valence-corrected chi connectivity index (χ1v) is 6.99. The van der Waals surface area contributed by atoms with E-state index in [9.17, 15) is 0 Å². The first-order valence-electron chi connectivity index (χ1n) is 6.99. The van der Waals surface area contributed by atoms with Gasteiger partial charge in [0.05, 0.1) is 0 Å². The lowest BCUT2D eigenvalue weighted by atomic mass is 9.87. The zero-order valence-electron chi connectivity index (χ0n) is 11.2. The fourth-order valence-electron chi connectivity index (χ4n) is 2.78. The number of hydrogen-bond donors (Lipinski definition) is 0. The van der Waals surface area contributed by atoms with Crippen LogP contribution >= 0.6 is 0 Å². The number of likely N-dealkylation sites (tertiary alicyclic amines) is 1. The third-order valence-corrected chi connectivity index (χ3v) is 4.21. The second-order valence-corrected chi connectivity index (χ2v) is 5.64. The van der Waals surface area contributed by atoms with Crippen LogP contribution in [0, 0.1) is 5.92 Å². The van der Waals surface area contributed by atoms with Crippen LogP contribution in [0.3, 0.4) is 0 Å². The molecule has 0 aliphatic carbocycles. The third kappa shape index (κ3) is 3.85. The summed E-state index contributed by atoms with van der Waals surface area (Å²) in [6.07, 6.45) is 5.55. The molecule has 1 aromatic rings. The molecule has 1 heteroatoms. The summed E-state index contributed by atoms with van der Waals surface area (Å²) in [6.45, 7) is 4.96. The monoisotopic (exact) mass is 231 g/mol. The van der Waals surface area contributed by atoms with E-state index in [1.54, 1.807) is 0 Å². The molecular weight excluding hydrogens is 206 g/mol. The highest BCUT2D eigenvalue weighted by Crippen LogP contribution is 2.27. The topological polar surface area (TPSA) is 3.24 Å². The van der Waals surface area contributed by atoms with Crippen LogP contribution in [0.15, 0.2) is 30.3 Å². The molecule has 1 saturated heterocycles. The van der Waals surface area contributed by atoms with Crippen molar-refractivity contribution in [1.82, 2.24) is 4.90 Å². The van der Waals surface area contributed by atoms with E-state index in [1.165, 1.54) is 44.3 Å². The molecule has 1 aliphatic heterocycles. The molecule has 1 aliphatic rings. The van der Waals surface area contributed by atoms with E-state index in [1.807, 2.05) is 0 Å². The molecule has 0 N–H and O–H groups in total. The fourth-order valence-corrected chi connectivity index (χ4v) is 2.78. The van der Waals surface area contributed by atoms with E-state index in [0.29, 0.717) is 0 Å². The van der Waals surface area contributed by atoms with Gasteiger partial charge in [0.25, 0.3) is 0 Å². The van der Waals surface area contributed by atoms with Crippen molar-refractivity contribution in [2.24, 2.45) is 5.92 Å². The molecule has 0 aromatic heterocycles. The Morgan fingerprint density at radius 2 is 1.82 bits per heavy atom. The van der Waals surface area contributed by atoms with Crippen LogP contribution in [0.1, 0.15) is 44.1 Å². The molecular formula is C16H25N. The summed E-state index contributed by atoms with van der Waals surface area (Å²) in [7, 11) is 2.24. The number of nitrogens with zero attached hydrogens (tertiary/aromatic N) is 1. The van der Waals surface area contributed by atoms with Crippen LogP contribution < -0.4 is 0 Å². The van der Waals surface area contributed by atoms with Crippen molar-refractivity contribution in [2.45, 2.75) is 38.5 Å². The van der Waals surface area contributed by atoms with Crippen molar-refractivity contribution < 1.29 is 0 Å². The van der Waals surface area contributed by atoms with Gasteiger partial charge in [-0.3, -0.25) is 0 Å². The lowest BCUT2D eigenvalue weighted by Gasteiger charge is -2.29. The van der Waals surface area contributed by atoms with Gasteiger partial charge in [0.2, 0.25) is 0 Å². The molecule has 0 spiro atoms. The number of hydrogen-bond acceptors (Lipinski definition) is 1. The predicted molar refractivity (Wildman–Crippen MR) is 74.3 cm³/mol. The quantitative estimate of drug-likeness (QED) is 0.759. The molecule has 1 aromatic carbocycles. The Hall–Kier alpha value is -0.820. The summed E-state index contributed by atoms with van der Waals surface area (Å²) in [5.74, 6) is 1.69. The van der Waals surface area contributed by atoms with Gasteiger partial charge in [-0.2, -0.15) is 0 Å². The van der Waals surface area contributed by atoms with Crippen LogP contribution in [-0.2, 0) is 0 Å². The molecule has 2 rings (SSSR count). The van der Waals surface area contributed by atoms with Crippen LogP contribution in [0.2, 0.25) is 0 Å². The minimum Gasteiger partial charge on any atom is -0.306 e. The summed E-state index contributed by atoms with van der Waals surface area (Å²) in [6, 6.07) is 10.9. The van der Waals surface area contributed by atoms with E-state index >= 15 is 0 Å². The fraction of sp³-hybridized carbons (Fsp3) is 0.625. The average Bonchev–Trinajstić information content (AvgIpc) is 2.39. The van der Waals surface area contributed by atoms with Gasteiger partial charge in [0.1, 0.15) is 0 Å². The van der Waals surface area contributed by atoms with Gasteiger partial charge >= 0.3 is 0 Å². The van der Waals surface area contributed by atoms with E-state index in [2.05, 4.69) is 49.2 Å². The summed E-state index contributed by atoms with van der Waals surface area (Å²) in [5, 5.41) is 0. The van der Waals surface area contributed by atoms with Crippen molar-refractivity contribution in [3.63, 3.8) is 0 Å². The zero-order chi connectivity index (χ0) is 12.1. The molecule has 1 fully saturated rings. The maximum Gasteiger partial charge on any atom is -0.00191 e. The van der Waals surface area contributed by atoms with Crippen molar-refractivity contribution in [2.75, 3.05) is 20.1 Å². The van der Waals surface area contributed by atoms with Gasteiger partial charge in [-0.15, -0.1) is 0 Å². The molecule has 0 bridgehead atoms. The molecule has 0 saturated carbocycles. The standard InChI is InChI=1S/C16H25N/c1-14(16-6-4-3-5-7-16)8-9-15-10-12-17(2)13-11-15/h3-7,14-15H,8-13H2,1-2H3. The number of piperidine rings is 1. The van der Waals surface area contributed by atoms with Gasteiger partial charge in [-0.05, 0) is 63.2 Å². The van der Waals surface area contributed by atoms with Crippen molar-refractivity contribution in [1.29, 1.82) is 0 Å². The van der Waals surface area contributed by atoms with Crippen molar-refractivity contribution in [3.05, 3.63) is 35.9 Å². The van der Waals surface area contributed by atoms with Crippen molar-refractivity contribution >= 4 is 0 Å². The van der Waals surface area contributed by atoms with Gasteiger partial charge in [-0.25, -0.2) is 0 Å². The molecule has 1 unspecified atom stereocenters. The summed E-state index contributed by atoms with van der Waals surface area (Å²) < 4.78 is 0. The Labute approximate surface area is 106 Å². The summed E-state index contributed by atoms with van der Waals surface area (Å²) in [4.78, 5) is 2.46. The zero-order valence-corrected chi connectivity index (χ0v) is 11.2. The SMILES string of the molecule is CC(CCC1CCN(C)CC1)c1ccccc1. The minimum absolute atomic E-state index is 0.718.